The minimum absolute atomic E-state index is 0.569. The van der Waals surface area contributed by atoms with Gasteiger partial charge in [-0.3, -0.25) is 0 Å². The second kappa shape index (κ2) is 9.41. The van der Waals surface area contributed by atoms with E-state index in [1.807, 2.05) is 0 Å². The third-order valence-electron chi connectivity index (χ3n) is 5.00. The van der Waals surface area contributed by atoms with Gasteiger partial charge in [0.15, 0.2) is 0 Å². The Hall–Kier alpha value is -2.54. The van der Waals surface area contributed by atoms with E-state index >= 15 is 0 Å². The molecule has 140 valence electrons. The fourth-order valence-corrected chi connectivity index (χ4v) is 3.20. The average molecular weight is 359 g/mol. The predicted octanol–water partition coefficient (Wildman–Crippen LogP) is 7.71. The maximum absolute atomic E-state index is 5.80. The first kappa shape index (κ1) is 19.2. The highest BCUT2D eigenvalue weighted by atomic mass is 16.5. The summed E-state index contributed by atoms with van der Waals surface area (Å²) in [5.41, 5.74) is 6.35. The summed E-state index contributed by atoms with van der Waals surface area (Å²) in [4.78, 5) is 0. The smallest absolute Gasteiger partial charge is 0.119 e. The third kappa shape index (κ3) is 5.23. The molecule has 27 heavy (non-hydrogen) atoms. The van der Waals surface area contributed by atoms with Crippen LogP contribution in [0.5, 0.6) is 5.75 Å². The van der Waals surface area contributed by atoms with Gasteiger partial charge in [0.05, 0.1) is 6.61 Å². The molecule has 0 radical (unpaired) electrons. The largest absolute Gasteiger partial charge is 0.494 e. The second-order valence-corrected chi connectivity index (χ2v) is 7.43. The van der Waals surface area contributed by atoms with Gasteiger partial charge in [0.25, 0.3) is 0 Å². The Morgan fingerprint density at radius 2 is 1.07 bits per heavy atom. The van der Waals surface area contributed by atoms with Crippen LogP contribution in [0.4, 0.5) is 0 Å². The monoisotopic (exact) mass is 358 g/mol. The summed E-state index contributed by atoms with van der Waals surface area (Å²) in [6.45, 7) is 7.47. The summed E-state index contributed by atoms with van der Waals surface area (Å²) in [6.07, 6.45) is 3.57. The van der Waals surface area contributed by atoms with Gasteiger partial charge >= 0.3 is 0 Å². The lowest BCUT2D eigenvalue weighted by molar-refractivity contribution is 0.306. The Bertz CT molecular complexity index is 812. The van der Waals surface area contributed by atoms with Gasteiger partial charge in [0, 0.05) is 0 Å². The minimum Gasteiger partial charge on any atom is -0.494 e. The lowest BCUT2D eigenvalue weighted by atomic mass is 9.97. The van der Waals surface area contributed by atoms with E-state index < -0.39 is 0 Å². The number of rotatable bonds is 8. The molecule has 0 aliphatic rings. The van der Waals surface area contributed by atoms with Crippen molar-refractivity contribution < 1.29 is 4.74 Å². The van der Waals surface area contributed by atoms with Crippen LogP contribution in [-0.2, 0) is 0 Å². The zero-order valence-electron chi connectivity index (χ0n) is 16.7. The van der Waals surface area contributed by atoms with Crippen molar-refractivity contribution in [2.24, 2.45) is 0 Å². The summed E-state index contributed by atoms with van der Waals surface area (Å²) in [5.74, 6) is 1.52. The highest BCUT2D eigenvalue weighted by molar-refractivity contribution is 5.70. The van der Waals surface area contributed by atoms with E-state index in [-0.39, 0.29) is 0 Å². The van der Waals surface area contributed by atoms with E-state index in [0.29, 0.717) is 5.92 Å². The minimum atomic E-state index is 0.569. The molecule has 0 unspecified atom stereocenters. The second-order valence-electron chi connectivity index (χ2n) is 7.43. The fourth-order valence-electron chi connectivity index (χ4n) is 3.20. The standard InChI is InChI=1S/C26H30O/c1-4-5-6-19-27-26-17-15-25(16-18-26)24-13-11-23(12-14-24)22-9-7-21(8-10-22)20(2)3/h7-18,20H,4-6,19H2,1-3H3. The normalized spacial score (nSPS) is 11.0. The molecule has 0 N–H and O–H groups in total. The van der Waals surface area contributed by atoms with Crippen molar-refractivity contribution in [2.75, 3.05) is 6.61 Å². The molecule has 0 heterocycles. The first-order valence-electron chi connectivity index (χ1n) is 10.1. The van der Waals surface area contributed by atoms with Crippen LogP contribution in [0.2, 0.25) is 0 Å². The lowest BCUT2D eigenvalue weighted by Crippen LogP contribution is -1.96. The Morgan fingerprint density at radius 3 is 1.52 bits per heavy atom. The van der Waals surface area contributed by atoms with E-state index in [1.54, 1.807) is 0 Å². The summed E-state index contributed by atoms with van der Waals surface area (Å²) in [6, 6.07) is 26.1. The van der Waals surface area contributed by atoms with E-state index in [0.717, 1.165) is 18.8 Å². The molecule has 0 bridgehead atoms. The van der Waals surface area contributed by atoms with Crippen molar-refractivity contribution in [1.29, 1.82) is 0 Å². The number of ether oxygens (including phenoxy) is 1. The van der Waals surface area contributed by atoms with E-state index in [4.69, 9.17) is 4.74 Å². The van der Waals surface area contributed by atoms with Gasteiger partial charge < -0.3 is 4.74 Å². The number of hydrogen-bond acceptors (Lipinski definition) is 1. The molecule has 0 saturated carbocycles. The zero-order chi connectivity index (χ0) is 19.1. The molecular formula is C26H30O. The van der Waals surface area contributed by atoms with Crippen LogP contribution in [0.3, 0.4) is 0 Å². The fraction of sp³-hybridized carbons (Fsp3) is 0.308. The molecule has 0 aromatic heterocycles. The van der Waals surface area contributed by atoms with Gasteiger partial charge in [-0.05, 0) is 52.3 Å². The van der Waals surface area contributed by atoms with Crippen LogP contribution >= 0.6 is 0 Å². The van der Waals surface area contributed by atoms with Crippen molar-refractivity contribution in [2.45, 2.75) is 46.0 Å². The molecule has 0 fully saturated rings. The van der Waals surface area contributed by atoms with Crippen molar-refractivity contribution >= 4 is 0 Å². The summed E-state index contributed by atoms with van der Waals surface area (Å²) < 4.78 is 5.80. The molecule has 3 aromatic carbocycles. The van der Waals surface area contributed by atoms with Crippen molar-refractivity contribution in [3.63, 3.8) is 0 Å². The quantitative estimate of drug-likeness (QED) is 0.375. The first-order chi connectivity index (χ1) is 13.2. The van der Waals surface area contributed by atoms with Gasteiger partial charge in [0.2, 0.25) is 0 Å². The highest BCUT2D eigenvalue weighted by Gasteiger charge is 2.03. The van der Waals surface area contributed by atoms with Crippen LogP contribution in [0.15, 0.2) is 72.8 Å². The van der Waals surface area contributed by atoms with Gasteiger partial charge in [0.1, 0.15) is 5.75 Å². The Morgan fingerprint density at radius 1 is 0.630 bits per heavy atom. The number of hydrogen-bond donors (Lipinski definition) is 0. The van der Waals surface area contributed by atoms with Crippen LogP contribution < -0.4 is 4.74 Å². The van der Waals surface area contributed by atoms with Crippen molar-refractivity contribution in [3.8, 4) is 28.0 Å². The molecule has 3 rings (SSSR count). The summed E-state index contributed by atoms with van der Waals surface area (Å²) in [7, 11) is 0. The zero-order valence-corrected chi connectivity index (χ0v) is 16.7. The predicted molar refractivity (Wildman–Crippen MR) is 116 cm³/mol. The Labute approximate surface area is 164 Å². The van der Waals surface area contributed by atoms with Crippen molar-refractivity contribution in [1.82, 2.24) is 0 Å². The SMILES string of the molecule is CCCCCOc1ccc(-c2ccc(-c3ccc(C(C)C)cc3)cc2)cc1. The Balaban J connectivity index is 1.66. The number of unbranched alkanes of at least 4 members (excludes halogenated alkanes) is 2. The van der Waals surface area contributed by atoms with Crippen molar-refractivity contribution in [3.05, 3.63) is 78.4 Å². The molecule has 3 aromatic rings. The molecular weight excluding hydrogens is 328 g/mol. The van der Waals surface area contributed by atoms with Gasteiger partial charge in [-0.15, -0.1) is 0 Å². The third-order valence-corrected chi connectivity index (χ3v) is 5.00. The molecule has 0 spiro atoms. The van der Waals surface area contributed by atoms with E-state index in [2.05, 4.69) is 93.6 Å². The lowest BCUT2D eigenvalue weighted by Gasteiger charge is -2.09. The van der Waals surface area contributed by atoms with E-state index in [1.165, 1.54) is 40.7 Å². The van der Waals surface area contributed by atoms with Gasteiger partial charge in [-0.2, -0.15) is 0 Å². The van der Waals surface area contributed by atoms with Gasteiger partial charge in [-0.25, -0.2) is 0 Å². The molecule has 0 aliphatic heterocycles. The van der Waals surface area contributed by atoms with Crippen LogP contribution in [0.1, 0.15) is 51.5 Å². The summed E-state index contributed by atoms with van der Waals surface area (Å²) in [5, 5.41) is 0. The average Bonchev–Trinajstić information content (AvgIpc) is 2.72. The number of benzene rings is 3. The van der Waals surface area contributed by atoms with E-state index in [9.17, 15) is 0 Å². The molecule has 1 heteroatoms. The highest BCUT2D eigenvalue weighted by Crippen LogP contribution is 2.27. The molecule has 1 nitrogen and oxygen atoms in total. The maximum Gasteiger partial charge on any atom is 0.119 e. The Kier molecular flexibility index (Phi) is 6.70. The topological polar surface area (TPSA) is 9.23 Å². The molecule has 0 aliphatic carbocycles. The molecule has 0 saturated heterocycles. The molecule has 0 atom stereocenters. The summed E-state index contributed by atoms with van der Waals surface area (Å²) >= 11 is 0. The van der Waals surface area contributed by atoms with Gasteiger partial charge in [-0.1, -0.05) is 94.3 Å². The van der Waals surface area contributed by atoms with Crippen LogP contribution in [0.25, 0.3) is 22.3 Å². The van der Waals surface area contributed by atoms with Crippen LogP contribution in [0, 0.1) is 0 Å². The van der Waals surface area contributed by atoms with Crippen LogP contribution in [-0.4, -0.2) is 6.61 Å². The first-order valence-corrected chi connectivity index (χ1v) is 10.1. The molecule has 0 amide bonds. The maximum atomic E-state index is 5.80.